The Labute approximate surface area is 115 Å². The summed E-state index contributed by atoms with van der Waals surface area (Å²) in [6, 6.07) is 0.453. The zero-order valence-corrected chi connectivity index (χ0v) is 12.3. The maximum Gasteiger partial charge on any atom is 0.283 e. The number of halogens is 1. The Kier molecular flexibility index (Phi) is 2.77. The molecule has 3 rings (SSSR count). The van der Waals surface area contributed by atoms with E-state index in [1.807, 2.05) is 0 Å². The fourth-order valence-electron chi connectivity index (χ4n) is 2.14. The average molecular weight is 312 g/mol. The van der Waals surface area contributed by atoms with Gasteiger partial charge in [-0.2, -0.15) is 5.10 Å². The molecule has 0 bridgehead atoms. The van der Waals surface area contributed by atoms with Crippen LogP contribution in [0.25, 0.3) is 0 Å². The van der Waals surface area contributed by atoms with E-state index in [9.17, 15) is 4.79 Å². The van der Waals surface area contributed by atoms with Gasteiger partial charge in [-0.05, 0) is 46.5 Å². The Morgan fingerprint density at radius 3 is 2.78 bits per heavy atom. The molecule has 1 aromatic rings. The Balaban J connectivity index is 1.79. The van der Waals surface area contributed by atoms with Crippen LogP contribution >= 0.6 is 15.9 Å². The van der Waals surface area contributed by atoms with Crippen LogP contribution < -0.4 is 10.9 Å². The molecule has 2 aliphatic rings. The second-order valence-electron chi connectivity index (χ2n) is 6.19. The van der Waals surface area contributed by atoms with Crippen molar-refractivity contribution in [3.05, 3.63) is 21.0 Å². The van der Waals surface area contributed by atoms with Gasteiger partial charge in [0.25, 0.3) is 5.56 Å². The quantitative estimate of drug-likeness (QED) is 0.930. The fourth-order valence-corrected chi connectivity index (χ4v) is 2.56. The van der Waals surface area contributed by atoms with Gasteiger partial charge in [0.15, 0.2) is 0 Å². The van der Waals surface area contributed by atoms with E-state index in [1.54, 1.807) is 10.9 Å². The zero-order chi connectivity index (χ0) is 12.9. The van der Waals surface area contributed by atoms with E-state index in [1.165, 1.54) is 12.8 Å². The van der Waals surface area contributed by atoms with Crippen molar-refractivity contribution in [3.8, 4) is 0 Å². The van der Waals surface area contributed by atoms with Gasteiger partial charge in [-0.25, -0.2) is 4.68 Å². The molecular weight excluding hydrogens is 294 g/mol. The highest BCUT2D eigenvalue weighted by Crippen LogP contribution is 2.46. The van der Waals surface area contributed by atoms with Gasteiger partial charge in [-0.15, -0.1) is 0 Å². The molecule has 1 atom stereocenters. The van der Waals surface area contributed by atoms with Crippen molar-refractivity contribution in [1.29, 1.82) is 0 Å². The first kappa shape index (κ1) is 12.2. The maximum atomic E-state index is 12.1. The summed E-state index contributed by atoms with van der Waals surface area (Å²) in [7, 11) is 0. The molecule has 1 aromatic heterocycles. The van der Waals surface area contributed by atoms with E-state index in [4.69, 9.17) is 0 Å². The van der Waals surface area contributed by atoms with Crippen molar-refractivity contribution >= 4 is 21.6 Å². The van der Waals surface area contributed by atoms with Gasteiger partial charge >= 0.3 is 0 Å². The third-order valence-corrected chi connectivity index (χ3v) is 4.72. The molecule has 0 spiro atoms. The monoisotopic (exact) mass is 311 g/mol. The number of nitrogens with zero attached hydrogens (tertiary/aromatic N) is 2. The van der Waals surface area contributed by atoms with Crippen molar-refractivity contribution in [2.24, 2.45) is 11.3 Å². The van der Waals surface area contributed by atoms with Gasteiger partial charge in [0, 0.05) is 12.6 Å². The van der Waals surface area contributed by atoms with Gasteiger partial charge in [0.1, 0.15) is 4.47 Å². The standard InChI is InChI=1S/C13H18BrN3O/c1-13(2)5-10(13)16-9-6-15-17(7-8-3-4-8)12(18)11(9)14/h6,8,10,16H,3-5,7H2,1-2H3. The molecular formula is C13H18BrN3O. The highest BCUT2D eigenvalue weighted by molar-refractivity contribution is 9.10. The summed E-state index contributed by atoms with van der Waals surface area (Å²) in [5, 5.41) is 7.65. The first-order valence-electron chi connectivity index (χ1n) is 6.49. The molecule has 1 N–H and O–H groups in total. The van der Waals surface area contributed by atoms with Gasteiger partial charge in [-0.3, -0.25) is 4.79 Å². The molecule has 98 valence electrons. The maximum absolute atomic E-state index is 12.1. The molecule has 0 saturated heterocycles. The lowest BCUT2D eigenvalue weighted by molar-refractivity contribution is 0.531. The summed E-state index contributed by atoms with van der Waals surface area (Å²) >= 11 is 3.40. The Morgan fingerprint density at radius 2 is 2.22 bits per heavy atom. The topological polar surface area (TPSA) is 46.9 Å². The lowest BCUT2D eigenvalue weighted by atomic mass is 10.2. The Hall–Kier alpha value is -0.840. The highest BCUT2D eigenvalue weighted by atomic mass is 79.9. The number of rotatable bonds is 4. The number of hydrogen-bond acceptors (Lipinski definition) is 3. The van der Waals surface area contributed by atoms with E-state index in [2.05, 4.69) is 40.2 Å². The minimum Gasteiger partial charge on any atom is -0.379 e. The fraction of sp³-hybridized carbons (Fsp3) is 0.692. The highest BCUT2D eigenvalue weighted by Gasteiger charge is 2.45. The molecule has 0 radical (unpaired) electrons. The Bertz CT molecular complexity index is 534. The molecule has 18 heavy (non-hydrogen) atoms. The van der Waals surface area contributed by atoms with Crippen molar-refractivity contribution in [1.82, 2.24) is 9.78 Å². The lowest BCUT2D eigenvalue weighted by Crippen LogP contribution is -2.25. The molecule has 1 heterocycles. The van der Waals surface area contributed by atoms with E-state index >= 15 is 0 Å². The van der Waals surface area contributed by atoms with Crippen LogP contribution in [-0.2, 0) is 6.54 Å². The first-order valence-corrected chi connectivity index (χ1v) is 7.29. The number of aromatic nitrogens is 2. The molecule has 5 heteroatoms. The number of nitrogens with one attached hydrogen (secondary N) is 1. The summed E-state index contributed by atoms with van der Waals surface area (Å²) in [5.74, 6) is 0.656. The van der Waals surface area contributed by atoms with E-state index < -0.39 is 0 Å². The van der Waals surface area contributed by atoms with E-state index in [0.717, 1.165) is 18.7 Å². The molecule has 2 saturated carbocycles. The van der Waals surface area contributed by atoms with Crippen LogP contribution in [0.3, 0.4) is 0 Å². The predicted octanol–water partition coefficient (Wildman–Crippen LogP) is 2.63. The average Bonchev–Trinajstić information content (AvgIpc) is 3.19. The summed E-state index contributed by atoms with van der Waals surface area (Å²) in [6.45, 7) is 5.20. The van der Waals surface area contributed by atoms with Gasteiger partial charge in [-0.1, -0.05) is 13.8 Å². The van der Waals surface area contributed by atoms with Crippen LogP contribution in [0.5, 0.6) is 0 Å². The molecule has 0 aromatic carbocycles. The van der Waals surface area contributed by atoms with Crippen molar-refractivity contribution in [2.75, 3.05) is 5.32 Å². The molecule has 0 aliphatic heterocycles. The summed E-state index contributed by atoms with van der Waals surface area (Å²) < 4.78 is 2.19. The van der Waals surface area contributed by atoms with Crippen molar-refractivity contribution in [2.45, 2.75) is 45.7 Å². The molecule has 4 nitrogen and oxygen atoms in total. The summed E-state index contributed by atoms with van der Waals surface area (Å²) in [5.41, 5.74) is 1.13. The first-order chi connectivity index (χ1) is 8.47. The lowest BCUT2D eigenvalue weighted by Gasteiger charge is -2.11. The Morgan fingerprint density at radius 1 is 1.56 bits per heavy atom. The van der Waals surface area contributed by atoms with E-state index in [-0.39, 0.29) is 5.56 Å². The second kappa shape index (κ2) is 4.08. The molecule has 1 unspecified atom stereocenters. The van der Waals surface area contributed by atoms with Crippen LogP contribution in [0.2, 0.25) is 0 Å². The van der Waals surface area contributed by atoms with Gasteiger partial charge in [0.2, 0.25) is 0 Å². The third-order valence-electron chi connectivity index (χ3n) is 3.96. The molecule has 0 amide bonds. The summed E-state index contributed by atoms with van der Waals surface area (Å²) in [6.07, 6.45) is 5.36. The van der Waals surface area contributed by atoms with Crippen molar-refractivity contribution < 1.29 is 0 Å². The third kappa shape index (κ3) is 2.32. The smallest absolute Gasteiger partial charge is 0.283 e. The van der Waals surface area contributed by atoms with Crippen LogP contribution in [-0.4, -0.2) is 15.8 Å². The minimum absolute atomic E-state index is 0.0228. The molecule has 2 aliphatic carbocycles. The zero-order valence-electron chi connectivity index (χ0n) is 10.7. The second-order valence-corrected chi connectivity index (χ2v) is 6.99. The number of hydrogen-bond donors (Lipinski definition) is 1. The normalized spacial score (nSPS) is 24.9. The van der Waals surface area contributed by atoms with Crippen molar-refractivity contribution in [3.63, 3.8) is 0 Å². The minimum atomic E-state index is -0.0228. The number of anilines is 1. The predicted molar refractivity (Wildman–Crippen MR) is 74.7 cm³/mol. The summed E-state index contributed by atoms with van der Waals surface area (Å²) in [4.78, 5) is 12.1. The molecule has 2 fully saturated rings. The SMILES string of the molecule is CC1(C)CC1Nc1cnn(CC2CC2)c(=O)c1Br. The van der Waals surface area contributed by atoms with E-state index in [0.29, 0.717) is 21.8 Å². The van der Waals surface area contributed by atoms with Gasteiger partial charge in [0.05, 0.1) is 11.9 Å². The largest absolute Gasteiger partial charge is 0.379 e. The van der Waals surface area contributed by atoms with Crippen LogP contribution in [0, 0.1) is 11.3 Å². The van der Waals surface area contributed by atoms with Gasteiger partial charge < -0.3 is 5.32 Å². The van der Waals surface area contributed by atoms with Crippen LogP contribution in [0.15, 0.2) is 15.5 Å². The van der Waals surface area contributed by atoms with Crippen LogP contribution in [0.1, 0.15) is 33.1 Å². The van der Waals surface area contributed by atoms with Crippen LogP contribution in [0.4, 0.5) is 5.69 Å².